The molecular formula is C18H21N3OS. The quantitative estimate of drug-likeness (QED) is 0.494. The highest BCUT2D eigenvalue weighted by Gasteiger charge is 2.03. The lowest BCUT2D eigenvalue weighted by Crippen LogP contribution is -2.24. The van der Waals surface area contributed by atoms with E-state index in [2.05, 4.69) is 15.8 Å². The molecule has 4 nitrogen and oxygen atoms in total. The van der Waals surface area contributed by atoms with Crippen LogP contribution in [0.4, 0.5) is 5.69 Å². The Morgan fingerprint density at radius 1 is 1.13 bits per heavy atom. The van der Waals surface area contributed by atoms with Crippen molar-refractivity contribution in [2.75, 3.05) is 11.9 Å². The van der Waals surface area contributed by atoms with Gasteiger partial charge in [-0.05, 0) is 73.9 Å². The molecule has 2 aromatic rings. The van der Waals surface area contributed by atoms with Gasteiger partial charge < -0.3 is 10.1 Å². The van der Waals surface area contributed by atoms with Crippen LogP contribution >= 0.6 is 12.2 Å². The highest BCUT2D eigenvalue weighted by molar-refractivity contribution is 7.80. The minimum absolute atomic E-state index is 0.463. The smallest absolute Gasteiger partial charge is 0.191 e. The third kappa shape index (κ3) is 5.07. The van der Waals surface area contributed by atoms with Gasteiger partial charge in [0.1, 0.15) is 5.75 Å². The van der Waals surface area contributed by atoms with E-state index in [0.717, 1.165) is 28.1 Å². The van der Waals surface area contributed by atoms with E-state index in [0.29, 0.717) is 11.7 Å². The number of anilines is 1. The Labute approximate surface area is 142 Å². The molecule has 0 saturated heterocycles. The molecular weight excluding hydrogens is 306 g/mol. The van der Waals surface area contributed by atoms with Crippen LogP contribution in [-0.4, -0.2) is 17.9 Å². The molecule has 0 atom stereocenters. The molecule has 23 heavy (non-hydrogen) atoms. The fourth-order valence-corrected chi connectivity index (χ4v) is 2.29. The molecule has 5 heteroatoms. The normalized spacial score (nSPS) is 10.6. The SMILES string of the molecule is CCOc1ccc(C=NNC(=S)Nc2c(C)cccc2C)cc1. The lowest BCUT2D eigenvalue weighted by molar-refractivity contribution is 0.340. The first-order valence-corrected chi connectivity index (χ1v) is 7.90. The topological polar surface area (TPSA) is 45.6 Å². The van der Waals surface area contributed by atoms with Gasteiger partial charge in [-0.25, -0.2) is 0 Å². The third-order valence-corrected chi connectivity index (χ3v) is 3.48. The third-order valence-electron chi connectivity index (χ3n) is 3.29. The van der Waals surface area contributed by atoms with Crippen LogP contribution in [0.15, 0.2) is 47.6 Å². The Balaban J connectivity index is 1.91. The molecule has 2 N–H and O–H groups in total. The minimum Gasteiger partial charge on any atom is -0.494 e. The molecule has 0 heterocycles. The molecule has 0 saturated carbocycles. The number of hydrazone groups is 1. The van der Waals surface area contributed by atoms with Crippen LogP contribution in [0.25, 0.3) is 0 Å². The van der Waals surface area contributed by atoms with Crippen LogP contribution in [0.5, 0.6) is 5.75 Å². The summed E-state index contributed by atoms with van der Waals surface area (Å²) in [6, 6.07) is 13.8. The van der Waals surface area contributed by atoms with Gasteiger partial charge in [0.25, 0.3) is 0 Å². The Morgan fingerprint density at radius 3 is 2.39 bits per heavy atom. The zero-order chi connectivity index (χ0) is 16.7. The van der Waals surface area contributed by atoms with Gasteiger partial charge in [-0.1, -0.05) is 18.2 Å². The van der Waals surface area contributed by atoms with E-state index >= 15 is 0 Å². The number of nitrogens with one attached hydrogen (secondary N) is 2. The van der Waals surface area contributed by atoms with Crippen molar-refractivity contribution in [1.82, 2.24) is 5.43 Å². The summed E-state index contributed by atoms with van der Waals surface area (Å²) in [5.74, 6) is 0.852. The molecule has 0 radical (unpaired) electrons. The first kappa shape index (κ1) is 17.0. The summed E-state index contributed by atoms with van der Waals surface area (Å²) in [7, 11) is 0. The van der Waals surface area contributed by atoms with Gasteiger partial charge in [0, 0.05) is 5.69 Å². The largest absolute Gasteiger partial charge is 0.494 e. The number of hydrogen-bond donors (Lipinski definition) is 2. The molecule has 0 aliphatic carbocycles. The summed E-state index contributed by atoms with van der Waals surface area (Å²) >= 11 is 5.27. The molecule has 0 fully saturated rings. The van der Waals surface area contributed by atoms with Crippen LogP contribution in [0.2, 0.25) is 0 Å². The molecule has 2 rings (SSSR count). The molecule has 0 bridgehead atoms. The van der Waals surface area contributed by atoms with Crippen molar-refractivity contribution in [3.8, 4) is 5.75 Å². The maximum atomic E-state index is 5.40. The number of rotatable bonds is 5. The van der Waals surface area contributed by atoms with Crippen molar-refractivity contribution < 1.29 is 4.74 Å². The van der Waals surface area contributed by atoms with E-state index in [1.54, 1.807) is 6.21 Å². The fourth-order valence-electron chi connectivity index (χ4n) is 2.14. The maximum Gasteiger partial charge on any atom is 0.191 e. The minimum atomic E-state index is 0.463. The Hall–Kier alpha value is -2.40. The van der Waals surface area contributed by atoms with E-state index in [1.807, 2.05) is 63.2 Å². The second-order valence-electron chi connectivity index (χ2n) is 5.09. The van der Waals surface area contributed by atoms with Gasteiger partial charge in [0.15, 0.2) is 5.11 Å². The van der Waals surface area contributed by atoms with Crippen molar-refractivity contribution >= 4 is 29.2 Å². The zero-order valence-electron chi connectivity index (χ0n) is 13.6. The van der Waals surface area contributed by atoms with Crippen LogP contribution < -0.4 is 15.5 Å². The first-order chi connectivity index (χ1) is 11.1. The van der Waals surface area contributed by atoms with Crippen LogP contribution in [0, 0.1) is 13.8 Å². The number of nitrogens with zero attached hydrogens (tertiary/aromatic N) is 1. The predicted molar refractivity (Wildman–Crippen MR) is 100 cm³/mol. The van der Waals surface area contributed by atoms with E-state index in [4.69, 9.17) is 17.0 Å². The Kier molecular flexibility index (Phi) is 6.11. The molecule has 0 aliphatic rings. The van der Waals surface area contributed by atoms with Crippen LogP contribution in [-0.2, 0) is 0 Å². The number of thiocarbonyl (C=S) groups is 1. The summed E-state index contributed by atoms with van der Waals surface area (Å²) in [5, 5.41) is 7.79. The number of benzene rings is 2. The van der Waals surface area contributed by atoms with Crippen LogP contribution in [0.3, 0.4) is 0 Å². The Bertz CT molecular complexity index is 676. The van der Waals surface area contributed by atoms with Gasteiger partial charge >= 0.3 is 0 Å². The number of para-hydroxylation sites is 1. The number of aryl methyl sites for hydroxylation is 2. The van der Waals surface area contributed by atoms with Crippen LogP contribution in [0.1, 0.15) is 23.6 Å². The van der Waals surface area contributed by atoms with Crippen molar-refractivity contribution in [1.29, 1.82) is 0 Å². The highest BCUT2D eigenvalue weighted by Crippen LogP contribution is 2.19. The molecule has 2 aromatic carbocycles. The van der Waals surface area contributed by atoms with Gasteiger partial charge in [-0.2, -0.15) is 5.10 Å². The summed E-state index contributed by atoms with van der Waals surface area (Å²) in [6.45, 7) is 6.71. The number of ether oxygens (including phenoxy) is 1. The predicted octanol–water partition coefficient (Wildman–Crippen LogP) is 4.02. The molecule has 120 valence electrons. The monoisotopic (exact) mass is 327 g/mol. The number of hydrogen-bond acceptors (Lipinski definition) is 3. The molecule has 0 unspecified atom stereocenters. The van der Waals surface area contributed by atoms with E-state index in [1.165, 1.54) is 0 Å². The average Bonchev–Trinajstić information content (AvgIpc) is 2.53. The lowest BCUT2D eigenvalue weighted by Gasteiger charge is -2.12. The standard InChI is InChI=1S/C18H21N3OS/c1-4-22-16-10-8-15(9-11-16)12-19-21-18(23)20-17-13(2)6-5-7-14(17)3/h5-12H,4H2,1-3H3,(H2,20,21,23). The van der Waals surface area contributed by atoms with Gasteiger partial charge in [0.05, 0.1) is 12.8 Å². The fraction of sp³-hybridized carbons (Fsp3) is 0.222. The van der Waals surface area contributed by atoms with E-state index in [9.17, 15) is 0 Å². The van der Waals surface area contributed by atoms with Crippen molar-refractivity contribution in [3.05, 3.63) is 59.2 Å². The zero-order valence-corrected chi connectivity index (χ0v) is 14.4. The van der Waals surface area contributed by atoms with Crippen molar-refractivity contribution in [3.63, 3.8) is 0 Å². The molecule has 0 amide bonds. The molecule has 0 aromatic heterocycles. The van der Waals surface area contributed by atoms with Gasteiger partial charge in [-0.3, -0.25) is 5.43 Å². The van der Waals surface area contributed by atoms with E-state index < -0.39 is 0 Å². The Morgan fingerprint density at radius 2 is 1.78 bits per heavy atom. The second-order valence-corrected chi connectivity index (χ2v) is 5.50. The summed E-state index contributed by atoms with van der Waals surface area (Å²) in [6.07, 6.45) is 1.72. The second kappa shape index (κ2) is 8.29. The van der Waals surface area contributed by atoms with Crippen molar-refractivity contribution in [2.24, 2.45) is 5.10 Å². The molecule has 0 spiro atoms. The van der Waals surface area contributed by atoms with E-state index in [-0.39, 0.29) is 0 Å². The first-order valence-electron chi connectivity index (χ1n) is 7.49. The summed E-state index contributed by atoms with van der Waals surface area (Å²) in [5.41, 5.74) is 7.10. The maximum absolute atomic E-state index is 5.40. The summed E-state index contributed by atoms with van der Waals surface area (Å²) < 4.78 is 5.40. The van der Waals surface area contributed by atoms with Gasteiger partial charge in [-0.15, -0.1) is 0 Å². The molecule has 0 aliphatic heterocycles. The summed E-state index contributed by atoms with van der Waals surface area (Å²) in [4.78, 5) is 0. The average molecular weight is 327 g/mol. The lowest BCUT2D eigenvalue weighted by atomic mass is 10.1. The highest BCUT2D eigenvalue weighted by atomic mass is 32.1. The van der Waals surface area contributed by atoms with Gasteiger partial charge in [0.2, 0.25) is 0 Å². The van der Waals surface area contributed by atoms with Crippen molar-refractivity contribution in [2.45, 2.75) is 20.8 Å².